The number of aryl methyl sites for hydroxylation is 1. The van der Waals surface area contributed by atoms with Crippen molar-refractivity contribution >= 4 is 27.5 Å². The van der Waals surface area contributed by atoms with Crippen molar-refractivity contribution in [3.63, 3.8) is 0 Å². The van der Waals surface area contributed by atoms with Crippen molar-refractivity contribution in [3.8, 4) is 5.69 Å². The van der Waals surface area contributed by atoms with Gasteiger partial charge in [-0.1, -0.05) is 18.5 Å². The molecule has 0 unspecified atom stereocenters. The van der Waals surface area contributed by atoms with E-state index in [0.717, 1.165) is 22.3 Å². The molecule has 2 aromatic rings. The van der Waals surface area contributed by atoms with Gasteiger partial charge in [-0.2, -0.15) is 5.10 Å². The van der Waals surface area contributed by atoms with Gasteiger partial charge in [0.15, 0.2) is 0 Å². The summed E-state index contributed by atoms with van der Waals surface area (Å²) < 4.78 is 2.59. The SMILES string of the molecule is CCc1cc(Cl)n(-c2cncc(Br)c2)n1. The van der Waals surface area contributed by atoms with Crippen LogP contribution < -0.4 is 0 Å². The standard InChI is InChI=1S/C10H9BrClN3/c1-2-8-4-10(12)15(14-8)9-3-7(11)5-13-6-9/h3-6H,2H2,1H3. The van der Waals surface area contributed by atoms with Crippen LogP contribution in [-0.4, -0.2) is 14.8 Å². The van der Waals surface area contributed by atoms with Crippen molar-refractivity contribution in [1.29, 1.82) is 0 Å². The van der Waals surface area contributed by atoms with Gasteiger partial charge < -0.3 is 0 Å². The van der Waals surface area contributed by atoms with E-state index in [1.807, 2.05) is 19.1 Å². The Hall–Kier alpha value is -0.870. The molecule has 0 aliphatic rings. The predicted molar refractivity (Wildman–Crippen MR) is 63.4 cm³/mol. The molecule has 0 radical (unpaired) electrons. The zero-order valence-electron chi connectivity index (χ0n) is 8.11. The van der Waals surface area contributed by atoms with Gasteiger partial charge in [0.05, 0.1) is 17.6 Å². The third-order valence-corrected chi connectivity index (χ3v) is 2.72. The van der Waals surface area contributed by atoms with Gasteiger partial charge in [-0.05, 0) is 34.5 Å². The van der Waals surface area contributed by atoms with Crippen LogP contribution in [0.15, 0.2) is 29.0 Å². The summed E-state index contributed by atoms with van der Waals surface area (Å²) in [6.07, 6.45) is 4.32. The van der Waals surface area contributed by atoms with Gasteiger partial charge in [-0.3, -0.25) is 4.98 Å². The average molecular weight is 287 g/mol. The lowest BCUT2D eigenvalue weighted by Gasteiger charge is -2.02. The highest BCUT2D eigenvalue weighted by Crippen LogP contribution is 2.19. The molecule has 0 amide bonds. The average Bonchev–Trinajstić information content (AvgIpc) is 2.60. The number of hydrogen-bond acceptors (Lipinski definition) is 2. The van der Waals surface area contributed by atoms with E-state index in [4.69, 9.17) is 11.6 Å². The molecule has 0 bridgehead atoms. The fraction of sp³-hybridized carbons (Fsp3) is 0.200. The lowest BCUT2D eigenvalue weighted by molar-refractivity contribution is 0.836. The summed E-state index contributed by atoms with van der Waals surface area (Å²) in [5.74, 6) is 0. The Kier molecular flexibility index (Phi) is 3.07. The Balaban J connectivity index is 2.48. The topological polar surface area (TPSA) is 30.7 Å². The minimum atomic E-state index is 0.603. The van der Waals surface area contributed by atoms with Gasteiger partial charge in [0.2, 0.25) is 0 Å². The first kappa shape index (κ1) is 10.6. The molecule has 0 aromatic carbocycles. The van der Waals surface area contributed by atoms with E-state index in [1.165, 1.54) is 0 Å². The molecule has 0 N–H and O–H groups in total. The molecular weight excluding hydrogens is 277 g/mol. The van der Waals surface area contributed by atoms with Crippen LogP contribution in [0.25, 0.3) is 5.69 Å². The third-order valence-electron chi connectivity index (χ3n) is 2.01. The van der Waals surface area contributed by atoms with Crippen molar-refractivity contribution in [2.24, 2.45) is 0 Å². The van der Waals surface area contributed by atoms with E-state index in [2.05, 4.69) is 26.0 Å². The highest BCUT2D eigenvalue weighted by molar-refractivity contribution is 9.10. The molecule has 2 heterocycles. The fourth-order valence-electron chi connectivity index (χ4n) is 1.27. The Labute approximate surface area is 101 Å². The zero-order valence-corrected chi connectivity index (χ0v) is 10.5. The number of nitrogens with zero attached hydrogens (tertiary/aromatic N) is 3. The predicted octanol–water partition coefficient (Wildman–Crippen LogP) is 3.25. The van der Waals surface area contributed by atoms with Gasteiger partial charge in [0, 0.05) is 10.7 Å². The normalized spacial score (nSPS) is 10.6. The quantitative estimate of drug-likeness (QED) is 0.848. The molecule has 0 spiro atoms. The Morgan fingerprint density at radius 1 is 1.40 bits per heavy atom. The highest BCUT2D eigenvalue weighted by atomic mass is 79.9. The van der Waals surface area contributed by atoms with E-state index >= 15 is 0 Å². The van der Waals surface area contributed by atoms with Crippen molar-refractivity contribution < 1.29 is 0 Å². The van der Waals surface area contributed by atoms with E-state index in [9.17, 15) is 0 Å². The van der Waals surface area contributed by atoms with Crippen molar-refractivity contribution in [3.05, 3.63) is 39.8 Å². The van der Waals surface area contributed by atoms with Crippen LogP contribution in [0.3, 0.4) is 0 Å². The molecule has 3 nitrogen and oxygen atoms in total. The maximum atomic E-state index is 6.07. The monoisotopic (exact) mass is 285 g/mol. The summed E-state index contributed by atoms with van der Waals surface area (Å²) in [4.78, 5) is 4.07. The van der Waals surface area contributed by atoms with Crippen LogP contribution in [0.1, 0.15) is 12.6 Å². The number of pyridine rings is 1. The van der Waals surface area contributed by atoms with Crippen LogP contribution in [-0.2, 0) is 6.42 Å². The first-order valence-corrected chi connectivity index (χ1v) is 5.73. The zero-order chi connectivity index (χ0) is 10.8. The second-order valence-electron chi connectivity index (χ2n) is 3.09. The van der Waals surface area contributed by atoms with E-state index in [1.54, 1.807) is 17.1 Å². The molecule has 0 fully saturated rings. The van der Waals surface area contributed by atoms with E-state index in [-0.39, 0.29) is 0 Å². The Bertz CT molecular complexity index is 481. The second kappa shape index (κ2) is 4.33. The van der Waals surface area contributed by atoms with Crippen LogP contribution in [0.2, 0.25) is 5.15 Å². The molecule has 2 rings (SSSR count). The minimum Gasteiger partial charge on any atom is -0.261 e. The molecule has 0 saturated carbocycles. The fourth-order valence-corrected chi connectivity index (χ4v) is 1.89. The van der Waals surface area contributed by atoms with Crippen LogP contribution in [0, 0.1) is 0 Å². The summed E-state index contributed by atoms with van der Waals surface area (Å²) in [6.45, 7) is 2.04. The molecule has 78 valence electrons. The number of halogens is 2. The van der Waals surface area contributed by atoms with Gasteiger partial charge in [-0.25, -0.2) is 4.68 Å². The van der Waals surface area contributed by atoms with Crippen LogP contribution in [0.5, 0.6) is 0 Å². The summed E-state index contributed by atoms with van der Waals surface area (Å²) in [5.41, 5.74) is 1.83. The summed E-state index contributed by atoms with van der Waals surface area (Å²) in [7, 11) is 0. The highest BCUT2D eigenvalue weighted by Gasteiger charge is 2.06. The Morgan fingerprint density at radius 3 is 2.80 bits per heavy atom. The van der Waals surface area contributed by atoms with Gasteiger partial charge in [0.25, 0.3) is 0 Å². The van der Waals surface area contributed by atoms with Crippen LogP contribution >= 0.6 is 27.5 Å². The molecular formula is C10H9BrClN3. The van der Waals surface area contributed by atoms with Crippen molar-refractivity contribution in [2.45, 2.75) is 13.3 Å². The molecule has 15 heavy (non-hydrogen) atoms. The van der Waals surface area contributed by atoms with Gasteiger partial charge in [-0.15, -0.1) is 0 Å². The maximum Gasteiger partial charge on any atom is 0.133 e. The summed E-state index contributed by atoms with van der Waals surface area (Å²) >= 11 is 9.43. The summed E-state index contributed by atoms with van der Waals surface area (Å²) in [5, 5.41) is 4.97. The molecule has 0 saturated heterocycles. The molecule has 0 atom stereocenters. The van der Waals surface area contributed by atoms with E-state index in [0.29, 0.717) is 5.15 Å². The van der Waals surface area contributed by atoms with Crippen molar-refractivity contribution in [1.82, 2.24) is 14.8 Å². The molecule has 2 aromatic heterocycles. The Morgan fingerprint density at radius 2 is 2.20 bits per heavy atom. The van der Waals surface area contributed by atoms with E-state index < -0.39 is 0 Å². The summed E-state index contributed by atoms with van der Waals surface area (Å²) in [6, 6.07) is 3.79. The largest absolute Gasteiger partial charge is 0.261 e. The first-order chi connectivity index (χ1) is 7.20. The third kappa shape index (κ3) is 2.21. The smallest absolute Gasteiger partial charge is 0.133 e. The minimum absolute atomic E-state index is 0.603. The number of aromatic nitrogens is 3. The lowest BCUT2D eigenvalue weighted by Crippen LogP contribution is -1.97. The van der Waals surface area contributed by atoms with Crippen LogP contribution in [0.4, 0.5) is 0 Å². The van der Waals surface area contributed by atoms with Crippen molar-refractivity contribution in [2.75, 3.05) is 0 Å². The van der Waals surface area contributed by atoms with Gasteiger partial charge >= 0.3 is 0 Å². The number of rotatable bonds is 2. The lowest BCUT2D eigenvalue weighted by atomic mass is 10.3. The molecule has 0 aliphatic carbocycles. The van der Waals surface area contributed by atoms with Gasteiger partial charge in [0.1, 0.15) is 5.15 Å². The number of hydrogen-bond donors (Lipinski definition) is 0. The first-order valence-electron chi connectivity index (χ1n) is 4.56. The maximum absolute atomic E-state index is 6.07. The second-order valence-corrected chi connectivity index (χ2v) is 4.39. The molecule has 5 heteroatoms. The molecule has 0 aliphatic heterocycles.